The largest absolute Gasteiger partial charge is 0.479 e. The number of aliphatic carboxylic acids is 1. The number of hydrogen-bond donors (Lipinski definition) is 2. The molecule has 0 saturated heterocycles. The molecule has 0 bridgehead atoms. The number of hydrogen-bond acceptors (Lipinski definition) is 3. The van der Waals surface area contributed by atoms with E-state index in [1.54, 1.807) is 6.92 Å². The molecule has 2 N–H and O–H groups in total. The lowest BCUT2D eigenvalue weighted by Crippen LogP contribution is -2.26. The second-order valence-electron chi connectivity index (χ2n) is 5.77. The van der Waals surface area contributed by atoms with Crippen LogP contribution in [0.25, 0.3) is 0 Å². The van der Waals surface area contributed by atoms with Crippen LogP contribution in [-0.2, 0) is 22.4 Å². The molecule has 0 aliphatic rings. The molecule has 0 aliphatic carbocycles. The summed E-state index contributed by atoms with van der Waals surface area (Å²) < 4.78 is 5.23. The van der Waals surface area contributed by atoms with Gasteiger partial charge in [0.2, 0.25) is 0 Å². The van der Waals surface area contributed by atoms with Crippen molar-refractivity contribution < 1.29 is 19.7 Å². The maximum atomic E-state index is 11.1. The Balaban J connectivity index is 1.89. The SMILES string of the molecule is CCO[C@H](Cc1ccc(CC[C@@H](O)c2ccccc2)cc1)C(=O)O. The third-order valence-electron chi connectivity index (χ3n) is 3.98. The molecule has 4 nitrogen and oxygen atoms in total. The summed E-state index contributed by atoms with van der Waals surface area (Å²) in [4.78, 5) is 11.1. The van der Waals surface area contributed by atoms with Gasteiger partial charge in [-0.3, -0.25) is 0 Å². The number of aryl methyl sites for hydroxylation is 1. The van der Waals surface area contributed by atoms with Gasteiger partial charge in [-0.15, -0.1) is 0 Å². The van der Waals surface area contributed by atoms with E-state index in [0.717, 1.165) is 23.1 Å². The van der Waals surface area contributed by atoms with E-state index >= 15 is 0 Å². The van der Waals surface area contributed by atoms with E-state index in [4.69, 9.17) is 9.84 Å². The number of rotatable bonds is 9. The van der Waals surface area contributed by atoms with Crippen LogP contribution in [0.1, 0.15) is 36.1 Å². The first-order chi connectivity index (χ1) is 11.6. The summed E-state index contributed by atoms with van der Waals surface area (Å²) in [6.45, 7) is 2.17. The minimum absolute atomic E-state index is 0.357. The average Bonchev–Trinajstić information content (AvgIpc) is 2.61. The standard InChI is InChI=1S/C20H24O4/c1-2-24-19(20(22)23)14-16-10-8-15(9-11-16)12-13-18(21)17-6-4-3-5-7-17/h3-11,18-19,21H,2,12-14H2,1H3,(H,22,23)/t18-,19-/m1/s1. The van der Waals surface area contributed by atoms with Crippen molar-refractivity contribution in [1.82, 2.24) is 0 Å². The zero-order chi connectivity index (χ0) is 17.4. The molecule has 2 aromatic rings. The van der Waals surface area contributed by atoms with E-state index in [1.807, 2.05) is 54.6 Å². The summed E-state index contributed by atoms with van der Waals surface area (Å²) in [5.41, 5.74) is 2.98. The molecule has 0 amide bonds. The summed E-state index contributed by atoms with van der Waals surface area (Å²) in [6.07, 6.45) is 0.501. The number of carbonyl (C=O) groups is 1. The molecule has 0 aliphatic heterocycles. The molecule has 0 radical (unpaired) electrons. The van der Waals surface area contributed by atoms with Gasteiger partial charge in [0.05, 0.1) is 6.10 Å². The smallest absolute Gasteiger partial charge is 0.333 e. The molecule has 0 unspecified atom stereocenters. The maximum absolute atomic E-state index is 11.1. The van der Waals surface area contributed by atoms with Gasteiger partial charge in [-0.2, -0.15) is 0 Å². The van der Waals surface area contributed by atoms with Gasteiger partial charge >= 0.3 is 5.97 Å². The third-order valence-corrected chi connectivity index (χ3v) is 3.98. The van der Waals surface area contributed by atoms with Crippen LogP contribution in [0.3, 0.4) is 0 Å². The molecule has 24 heavy (non-hydrogen) atoms. The molecule has 0 spiro atoms. The first-order valence-corrected chi connectivity index (χ1v) is 8.25. The number of aliphatic hydroxyl groups excluding tert-OH is 1. The lowest BCUT2D eigenvalue weighted by atomic mass is 9.99. The molecule has 0 saturated carbocycles. The van der Waals surface area contributed by atoms with Crippen molar-refractivity contribution in [2.24, 2.45) is 0 Å². The maximum Gasteiger partial charge on any atom is 0.333 e. The number of carboxylic acids is 1. The normalized spacial score (nSPS) is 13.4. The first-order valence-electron chi connectivity index (χ1n) is 8.25. The monoisotopic (exact) mass is 328 g/mol. The van der Waals surface area contributed by atoms with Crippen LogP contribution < -0.4 is 0 Å². The highest BCUT2D eigenvalue weighted by molar-refractivity contribution is 5.72. The quantitative estimate of drug-likeness (QED) is 0.740. The van der Waals surface area contributed by atoms with Gasteiger partial charge in [-0.05, 0) is 36.5 Å². The first kappa shape index (κ1) is 18.2. The molecule has 128 valence electrons. The van der Waals surface area contributed by atoms with Gasteiger partial charge in [0, 0.05) is 13.0 Å². The second kappa shape index (κ2) is 9.21. The number of aliphatic hydroxyl groups is 1. The molecule has 0 fully saturated rings. The Kier molecular flexibility index (Phi) is 6.97. The Morgan fingerprint density at radius 1 is 1.04 bits per heavy atom. The van der Waals surface area contributed by atoms with Gasteiger partial charge in [-0.1, -0.05) is 54.6 Å². The molecular formula is C20H24O4. The van der Waals surface area contributed by atoms with Crippen LogP contribution in [0.15, 0.2) is 54.6 Å². The predicted octanol–water partition coefficient (Wildman–Crippen LogP) is 3.39. The minimum Gasteiger partial charge on any atom is -0.479 e. The molecule has 0 heterocycles. The number of benzene rings is 2. The molecule has 2 atom stereocenters. The molecule has 4 heteroatoms. The lowest BCUT2D eigenvalue weighted by molar-refractivity contribution is -0.149. The van der Waals surface area contributed by atoms with Crippen molar-refractivity contribution in [1.29, 1.82) is 0 Å². The fourth-order valence-corrected chi connectivity index (χ4v) is 2.62. The molecule has 2 rings (SSSR count). The fraction of sp³-hybridized carbons (Fsp3) is 0.350. The van der Waals surface area contributed by atoms with Gasteiger partial charge in [0.25, 0.3) is 0 Å². The zero-order valence-corrected chi connectivity index (χ0v) is 13.9. The van der Waals surface area contributed by atoms with Crippen molar-refractivity contribution in [3.05, 3.63) is 71.3 Å². The number of carboxylic acid groups (broad SMARTS) is 1. The van der Waals surface area contributed by atoms with Crippen molar-refractivity contribution in [3.8, 4) is 0 Å². The van der Waals surface area contributed by atoms with Crippen molar-refractivity contribution in [2.45, 2.75) is 38.4 Å². The summed E-state index contributed by atoms with van der Waals surface area (Å²) in [5.74, 6) is -0.938. The van der Waals surface area contributed by atoms with E-state index < -0.39 is 18.2 Å². The van der Waals surface area contributed by atoms with E-state index in [1.165, 1.54) is 0 Å². The highest BCUT2D eigenvalue weighted by Gasteiger charge is 2.17. The summed E-state index contributed by atoms with van der Waals surface area (Å²) in [6, 6.07) is 17.5. The van der Waals surface area contributed by atoms with E-state index in [2.05, 4.69) is 0 Å². The van der Waals surface area contributed by atoms with Crippen LogP contribution in [0.5, 0.6) is 0 Å². The third kappa shape index (κ3) is 5.48. The molecule has 0 aromatic heterocycles. The minimum atomic E-state index is -0.938. The van der Waals surface area contributed by atoms with Gasteiger partial charge in [0.15, 0.2) is 6.10 Å². The Bertz CT molecular complexity index is 622. The zero-order valence-electron chi connectivity index (χ0n) is 13.9. The molecule has 2 aromatic carbocycles. The van der Waals surface area contributed by atoms with Crippen LogP contribution in [0, 0.1) is 0 Å². The fourth-order valence-electron chi connectivity index (χ4n) is 2.62. The van der Waals surface area contributed by atoms with Gasteiger partial charge in [-0.25, -0.2) is 4.79 Å². The van der Waals surface area contributed by atoms with E-state index in [9.17, 15) is 9.90 Å². The van der Waals surface area contributed by atoms with E-state index in [-0.39, 0.29) is 0 Å². The Labute approximate surface area is 142 Å². The van der Waals surface area contributed by atoms with Crippen LogP contribution in [0.2, 0.25) is 0 Å². The Morgan fingerprint density at radius 2 is 1.67 bits per heavy atom. The summed E-state index contributed by atoms with van der Waals surface area (Å²) >= 11 is 0. The van der Waals surface area contributed by atoms with Crippen LogP contribution >= 0.6 is 0 Å². The van der Waals surface area contributed by atoms with Gasteiger partial charge in [0.1, 0.15) is 0 Å². The van der Waals surface area contributed by atoms with Crippen LogP contribution in [-0.4, -0.2) is 28.9 Å². The second-order valence-corrected chi connectivity index (χ2v) is 5.77. The van der Waals surface area contributed by atoms with Crippen molar-refractivity contribution >= 4 is 5.97 Å². The average molecular weight is 328 g/mol. The highest BCUT2D eigenvalue weighted by atomic mass is 16.5. The van der Waals surface area contributed by atoms with Crippen LogP contribution in [0.4, 0.5) is 0 Å². The lowest BCUT2D eigenvalue weighted by Gasteiger charge is -2.13. The number of ether oxygens (including phenoxy) is 1. The van der Waals surface area contributed by atoms with E-state index in [0.29, 0.717) is 19.4 Å². The topological polar surface area (TPSA) is 66.8 Å². The summed E-state index contributed by atoms with van der Waals surface area (Å²) in [5, 5.41) is 19.3. The van der Waals surface area contributed by atoms with Crippen molar-refractivity contribution in [3.63, 3.8) is 0 Å². The summed E-state index contributed by atoms with van der Waals surface area (Å²) in [7, 11) is 0. The Morgan fingerprint density at radius 3 is 2.25 bits per heavy atom. The molecular weight excluding hydrogens is 304 g/mol. The Hall–Kier alpha value is -2.17. The predicted molar refractivity (Wildman–Crippen MR) is 92.9 cm³/mol. The van der Waals surface area contributed by atoms with Gasteiger partial charge < -0.3 is 14.9 Å². The highest BCUT2D eigenvalue weighted by Crippen LogP contribution is 2.19. The van der Waals surface area contributed by atoms with Crippen molar-refractivity contribution in [2.75, 3.05) is 6.61 Å².